The summed E-state index contributed by atoms with van der Waals surface area (Å²) < 4.78 is 63.1. The number of nitrogens with one attached hydrogen (secondary N) is 2. The summed E-state index contributed by atoms with van der Waals surface area (Å²) in [6.45, 7) is 1.97. The molecule has 0 aromatic carbocycles. The molecular formula is C22H28N10O12P2. The molecule has 3 fully saturated rings. The van der Waals surface area contributed by atoms with Crippen LogP contribution in [-0.2, 0) is 36.7 Å². The number of hydrogen-bond donors (Lipinski definition) is 6. The lowest BCUT2D eigenvalue weighted by atomic mass is 10.0. The molecule has 0 spiro atoms. The number of ether oxygens (including phenoxy) is 2. The molecule has 8 N–H and O–H groups in total. The molecule has 10 atom stereocenters. The molecule has 3 aliphatic heterocycles. The molecule has 7 rings (SSSR count). The van der Waals surface area contributed by atoms with Gasteiger partial charge in [-0.1, -0.05) is 13.8 Å². The first kappa shape index (κ1) is 31.1. The maximum atomic E-state index is 13.3. The Bertz CT molecular complexity index is 1900. The van der Waals surface area contributed by atoms with E-state index in [9.17, 15) is 28.5 Å². The number of fused-ring (bicyclic) bond motifs is 4. The third-order valence-corrected chi connectivity index (χ3v) is 10.0. The molecule has 4 aromatic heterocycles. The van der Waals surface area contributed by atoms with E-state index >= 15 is 0 Å². The lowest BCUT2D eigenvalue weighted by Crippen LogP contribution is -2.35. The molecule has 0 bridgehead atoms. The van der Waals surface area contributed by atoms with Crippen LogP contribution >= 0.6 is 15.6 Å². The van der Waals surface area contributed by atoms with Gasteiger partial charge in [0, 0.05) is 11.8 Å². The van der Waals surface area contributed by atoms with E-state index < -0.39 is 88.7 Å². The number of hydrogen-bond acceptors (Lipinski definition) is 16. The Labute approximate surface area is 256 Å². The summed E-state index contributed by atoms with van der Waals surface area (Å²) in [7, 11) is -9.72. The zero-order chi connectivity index (χ0) is 32.7. The standard InChI is InChI=1S/C22H28N10O12P2/c1-7-13-9(41-19(7)31-5-25-11-15(31)27-21(23)29-17(11)33)3-39-46(37,38)44-14-8(2)20(42-10(14)4-40-45(35,36)43-13)32-6-26-12-16(32)28-22(24)30-18(12)34/h5-10,13-14,19-20H,3-4H2,1-2H3,(H,35,36)(H,37,38)(H3,23,27,29,33)(H3,24,28,30,34)/t7-,8-,9+,10+,13?,14?,19+,20+/m0/s1. The zero-order valence-electron chi connectivity index (χ0n) is 23.9. The Hall–Kier alpha value is -3.56. The monoisotopic (exact) mass is 686 g/mol. The average Bonchev–Trinajstić information content (AvgIpc) is 3.72. The van der Waals surface area contributed by atoms with Crippen molar-refractivity contribution in [3.63, 3.8) is 0 Å². The highest BCUT2D eigenvalue weighted by atomic mass is 31.2. The summed E-state index contributed by atoms with van der Waals surface area (Å²) in [5.74, 6) is -1.86. The number of aromatic nitrogens is 8. The molecule has 24 heteroatoms. The van der Waals surface area contributed by atoms with Gasteiger partial charge in [-0.25, -0.2) is 19.1 Å². The van der Waals surface area contributed by atoms with Gasteiger partial charge in [0.25, 0.3) is 11.1 Å². The van der Waals surface area contributed by atoms with Crippen LogP contribution < -0.4 is 22.6 Å². The molecule has 0 aliphatic carbocycles. The van der Waals surface area contributed by atoms with Gasteiger partial charge >= 0.3 is 15.6 Å². The summed E-state index contributed by atoms with van der Waals surface area (Å²) >= 11 is 0. The second-order valence-electron chi connectivity index (χ2n) is 11.1. The highest BCUT2D eigenvalue weighted by Gasteiger charge is 2.52. The van der Waals surface area contributed by atoms with Crippen molar-refractivity contribution >= 4 is 49.9 Å². The highest BCUT2D eigenvalue weighted by molar-refractivity contribution is 7.47. The van der Waals surface area contributed by atoms with Crippen LogP contribution in [0.25, 0.3) is 22.3 Å². The van der Waals surface area contributed by atoms with Crippen molar-refractivity contribution in [3.8, 4) is 0 Å². The molecule has 7 heterocycles. The van der Waals surface area contributed by atoms with Crippen LogP contribution in [0.3, 0.4) is 0 Å². The minimum Gasteiger partial charge on any atom is -0.369 e. The number of rotatable bonds is 2. The first-order chi connectivity index (χ1) is 21.7. The van der Waals surface area contributed by atoms with Gasteiger partial charge in [-0.2, -0.15) is 9.97 Å². The molecule has 248 valence electrons. The van der Waals surface area contributed by atoms with Crippen molar-refractivity contribution in [3.05, 3.63) is 33.4 Å². The van der Waals surface area contributed by atoms with E-state index in [4.69, 9.17) is 39.0 Å². The molecule has 3 saturated heterocycles. The Kier molecular flexibility index (Phi) is 7.44. The van der Waals surface area contributed by atoms with Crippen LogP contribution in [0, 0.1) is 11.8 Å². The Morgan fingerprint density at radius 3 is 1.57 bits per heavy atom. The second-order valence-corrected chi connectivity index (χ2v) is 13.9. The predicted octanol–water partition coefficient (Wildman–Crippen LogP) is -0.498. The van der Waals surface area contributed by atoms with Crippen LogP contribution in [-0.4, -0.2) is 86.5 Å². The van der Waals surface area contributed by atoms with Crippen LogP contribution in [0.5, 0.6) is 0 Å². The predicted molar refractivity (Wildman–Crippen MR) is 153 cm³/mol. The van der Waals surface area contributed by atoms with Crippen LogP contribution in [0.2, 0.25) is 0 Å². The molecule has 0 saturated carbocycles. The van der Waals surface area contributed by atoms with Crippen LogP contribution in [0.15, 0.2) is 22.2 Å². The number of aromatic amines is 2. The van der Waals surface area contributed by atoms with Gasteiger partial charge in [0.1, 0.15) is 36.9 Å². The van der Waals surface area contributed by atoms with E-state index in [1.165, 1.54) is 21.8 Å². The number of nitrogens with two attached hydrogens (primary N) is 2. The van der Waals surface area contributed by atoms with Gasteiger partial charge in [0.2, 0.25) is 11.9 Å². The quantitative estimate of drug-likeness (QED) is 0.145. The van der Waals surface area contributed by atoms with Crippen LogP contribution in [0.1, 0.15) is 26.3 Å². The lowest BCUT2D eigenvalue weighted by molar-refractivity contribution is -0.0661. The fourth-order valence-electron chi connectivity index (χ4n) is 5.96. The van der Waals surface area contributed by atoms with Crippen molar-refractivity contribution in [2.24, 2.45) is 11.8 Å². The summed E-state index contributed by atoms with van der Waals surface area (Å²) in [6, 6.07) is 0. The number of nitrogens with zero attached hydrogens (tertiary/aromatic N) is 6. The Morgan fingerprint density at radius 2 is 1.17 bits per heavy atom. The summed E-state index contributed by atoms with van der Waals surface area (Å²) in [4.78, 5) is 67.1. The first-order valence-corrected chi connectivity index (χ1v) is 16.8. The largest absolute Gasteiger partial charge is 0.472 e. The van der Waals surface area contributed by atoms with Gasteiger partial charge in [0.15, 0.2) is 22.3 Å². The van der Waals surface area contributed by atoms with Gasteiger partial charge in [-0.05, 0) is 0 Å². The maximum absolute atomic E-state index is 13.3. The smallest absolute Gasteiger partial charge is 0.369 e. The Balaban J connectivity index is 1.18. The first-order valence-electron chi connectivity index (χ1n) is 13.8. The fourth-order valence-corrected chi connectivity index (χ4v) is 8.02. The summed E-state index contributed by atoms with van der Waals surface area (Å²) in [5, 5.41) is 0. The molecule has 3 aliphatic rings. The molecule has 22 nitrogen and oxygen atoms in total. The Morgan fingerprint density at radius 1 is 0.783 bits per heavy atom. The van der Waals surface area contributed by atoms with Crippen molar-refractivity contribution < 1.29 is 46.5 Å². The topological polar surface area (TPSA) is 309 Å². The molecule has 4 aromatic rings. The molecule has 0 amide bonds. The van der Waals surface area contributed by atoms with E-state index in [1.54, 1.807) is 13.8 Å². The molecular weight excluding hydrogens is 658 g/mol. The van der Waals surface area contributed by atoms with E-state index in [1.807, 2.05) is 0 Å². The van der Waals surface area contributed by atoms with Crippen LogP contribution in [0.4, 0.5) is 11.9 Å². The van der Waals surface area contributed by atoms with Crippen molar-refractivity contribution in [1.82, 2.24) is 39.0 Å². The number of phosphoric ester groups is 2. The maximum Gasteiger partial charge on any atom is 0.472 e. The fraction of sp³-hybridized carbons (Fsp3) is 0.545. The van der Waals surface area contributed by atoms with Crippen molar-refractivity contribution in [2.75, 3.05) is 24.7 Å². The van der Waals surface area contributed by atoms with Gasteiger partial charge in [-0.15, -0.1) is 0 Å². The van der Waals surface area contributed by atoms with E-state index in [0.717, 1.165) is 0 Å². The van der Waals surface area contributed by atoms with Gasteiger partial charge in [0.05, 0.1) is 25.9 Å². The molecule has 4 unspecified atom stereocenters. The summed E-state index contributed by atoms with van der Waals surface area (Å²) in [6.07, 6.45) is -4.34. The normalized spacial score (nSPS) is 37.1. The van der Waals surface area contributed by atoms with E-state index in [2.05, 4.69) is 29.9 Å². The SMILES string of the molecule is C[C@H]1C2OP(=O)(O)OC[C@H]3O[C@@H](n4cnc5c(=O)[nH]c(N)nc54)[C@@H](C)C3OP(=O)(O)OC[C@H]2O[C@H]1n1cnc2c(=O)[nH]c(N)nc21. The van der Waals surface area contributed by atoms with E-state index in [-0.39, 0.29) is 34.2 Å². The lowest BCUT2D eigenvalue weighted by Gasteiger charge is -2.28. The highest BCUT2D eigenvalue weighted by Crippen LogP contribution is 2.55. The third-order valence-electron chi connectivity index (χ3n) is 8.06. The minimum absolute atomic E-state index is 0.0359. The zero-order valence-corrected chi connectivity index (χ0v) is 25.7. The number of nitrogen functional groups attached to an aromatic ring is 2. The third kappa shape index (κ3) is 5.35. The van der Waals surface area contributed by atoms with Gasteiger partial charge in [-0.3, -0.25) is 46.8 Å². The second kappa shape index (κ2) is 11.0. The average molecular weight is 686 g/mol. The van der Waals surface area contributed by atoms with Crippen molar-refractivity contribution in [2.45, 2.75) is 50.7 Å². The van der Waals surface area contributed by atoms with Crippen molar-refractivity contribution in [1.29, 1.82) is 0 Å². The minimum atomic E-state index is -4.86. The molecule has 46 heavy (non-hydrogen) atoms. The number of H-pyrrole nitrogens is 2. The van der Waals surface area contributed by atoms with Gasteiger partial charge < -0.3 is 30.7 Å². The molecule has 0 radical (unpaired) electrons. The summed E-state index contributed by atoms with van der Waals surface area (Å²) in [5.41, 5.74) is 10.3. The number of phosphoric acid groups is 2. The number of anilines is 2. The number of imidazole rings is 2. The van der Waals surface area contributed by atoms with E-state index in [0.29, 0.717) is 0 Å².